The fourth-order valence-electron chi connectivity index (χ4n) is 2.33. The Morgan fingerprint density at radius 2 is 1.95 bits per heavy atom. The minimum Gasteiger partial charge on any atom is -0.383 e. The Kier molecular flexibility index (Phi) is 3.50. The number of hydrogen-bond acceptors (Lipinski definition) is 3. The summed E-state index contributed by atoms with van der Waals surface area (Å²) >= 11 is 3.51. The summed E-state index contributed by atoms with van der Waals surface area (Å²) in [6.07, 6.45) is 3.15. The maximum absolute atomic E-state index is 6.00. The van der Waals surface area contributed by atoms with Crippen molar-refractivity contribution < 1.29 is 0 Å². The molecule has 104 valence electrons. The molecular weight excluding hydrogens is 314 g/mol. The number of benzene rings is 1. The van der Waals surface area contributed by atoms with Gasteiger partial charge in [0.1, 0.15) is 11.6 Å². The average molecular weight is 332 g/mol. The first-order valence-corrected chi connectivity index (χ1v) is 7.72. The quantitative estimate of drug-likeness (QED) is 0.927. The van der Waals surface area contributed by atoms with Crippen LogP contribution in [0.3, 0.4) is 0 Å². The van der Waals surface area contributed by atoms with E-state index in [9.17, 15) is 0 Å². The third-order valence-electron chi connectivity index (χ3n) is 3.85. The highest BCUT2D eigenvalue weighted by Gasteiger charge is 2.29. The standard InChI is InChI=1S/C16H18BrN3/c1-9-3-4-11(7-10(9)2)8-13-19-15(12-5-6-12)14(17)16(18)20-13/h3-4,7,12H,5-6,8H2,1-2H3,(H2,18,19,20). The third kappa shape index (κ3) is 2.70. The summed E-state index contributed by atoms with van der Waals surface area (Å²) in [6.45, 7) is 4.25. The summed E-state index contributed by atoms with van der Waals surface area (Å²) in [6, 6.07) is 6.49. The van der Waals surface area contributed by atoms with Crippen molar-refractivity contribution >= 4 is 21.7 Å². The van der Waals surface area contributed by atoms with E-state index in [1.807, 2.05) is 0 Å². The van der Waals surface area contributed by atoms with Crippen molar-refractivity contribution in [2.75, 3.05) is 5.73 Å². The van der Waals surface area contributed by atoms with E-state index in [2.05, 4.69) is 53.0 Å². The van der Waals surface area contributed by atoms with Crippen LogP contribution in [0.4, 0.5) is 5.82 Å². The van der Waals surface area contributed by atoms with E-state index < -0.39 is 0 Å². The predicted molar refractivity (Wildman–Crippen MR) is 84.8 cm³/mol. The molecule has 0 bridgehead atoms. The lowest BCUT2D eigenvalue weighted by Gasteiger charge is -2.09. The molecular formula is C16H18BrN3. The first-order valence-electron chi connectivity index (χ1n) is 6.92. The van der Waals surface area contributed by atoms with Gasteiger partial charge >= 0.3 is 0 Å². The van der Waals surface area contributed by atoms with E-state index in [0.717, 1.165) is 22.4 Å². The first kappa shape index (κ1) is 13.6. The van der Waals surface area contributed by atoms with Crippen LogP contribution < -0.4 is 5.73 Å². The minimum atomic E-state index is 0.556. The van der Waals surface area contributed by atoms with Gasteiger partial charge in [-0.25, -0.2) is 9.97 Å². The lowest BCUT2D eigenvalue weighted by molar-refractivity contribution is 0.894. The molecule has 3 rings (SSSR count). The lowest BCUT2D eigenvalue weighted by atomic mass is 10.0. The number of aryl methyl sites for hydroxylation is 2. The number of nitrogen functional groups attached to an aromatic ring is 1. The number of rotatable bonds is 3. The summed E-state index contributed by atoms with van der Waals surface area (Å²) in [4.78, 5) is 9.12. The SMILES string of the molecule is Cc1ccc(Cc2nc(N)c(Br)c(C3CC3)n2)cc1C. The van der Waals surface area contributed by atoms with Gasteiger partial charge in [0.15, 0.2) is 0 Å². The summed E-state index contributed by atoms with van der Waals surface area (Å²) in [7, 11) is 0. The second-order valence-electron chi connectivity index (χ2n) is 5.59. The highest BCUT2D eigenvalue weighted by atomic mass is 79.9. The van der Waals surface area contributed by atoms with Gasteiger partial charge < -0.3 is 5.73 Å². The number of halogens is 1. The average Bonchev–Trinajstić information content (AvgIpc) is 3.22. The molecule has 0 amide bonds. The van der Waals surface area contributed by atoms with Crippen LogP contribution in [0.5, 0.6) is 0 Å². The van der Waals surface area contributed by atoms with Gasteiger partial charge in [-0.2, -0.15) is 0 Å². The van der Waals surface area contributed by atoms with Crippen molar-refractivity contribution in [2.45, 2.75) is 39.0 Å². The van der Waals surface area contributed by atoms with Crippen molar-refractivity contribution in [1.82, 2.24) is 9.97 Å². The Bertz CT molecular complexity index is 663. The second-order valence-corrected chi connectivity index (χ2v) is 6.39. The molecule has 0 radical (unpaired) electrons. The van der Waals surface area contributed by atoms with E-state index in [1.165, 1.54) is 29.5 Å². The summed E-state index contributed by atoms with van der Waals surface area (Å²) < 4.78 is 0.879. The van der Waals surface area contributed by atoms with E-state index in [0.29, 0.717) is 11.7 Å². The molecule has 0 aliphatic heterocycles. The number of hydrogen-bond donors (Lipinski definition) is 1. The van der Waals surface area contributed by atoms with Gasteiger partial charge in [0, 0.05) is 12.3 Å². The molecule has 1 aliphatic carbocycles. The van der Waals surface area contributed by atoms with Gasteiger partial charge in [0.2, 0.25) is 0 Å². The van der Waals surface area contributed by atoms with Crippen LogP contribution in [0.15, 0.2) is 22.7 Å². The van der Waals surface area contributed by atoms with Crippen LogP contribution in [-0.4, -0.2) is 9.97 Å². The number of nitrogens with two attached hydrogens (primary N) is 1. The van der Waals surface area contributed by atoms with Crippen LogP contribution in [-0.2, 0) is 6.42 Å². The molecule has 20 heavy (non-hydrogen) atoms. The van der Waals surface area contributed by atoms with Gasteiger partial charge in [-0.05, 0) is 59.3 Å². The zero-order chi connectivity index (χ0) is 14.3. The molecule has 1 aromatic carbocycles. The van der Waals surface area contributed by atoms with Crippen LogP contribution in [0, 0.1) is 13.8 Å². The molecule has 4 heteroatoms. The highest BCUT2D eigenvalue weighted by Crippen LogP contribution is 2.43. The van der Waals surface area contributed by atoms with Gasteiger partial charge in [0.05, 0.1) is 10.2 Å². The largest absolute Gasteiger partial charge is 0.383 e. The number of anilines is 1. The van der Waals surface area contributed by atoms with E-state index >= 15 is 0 Å². The van der Waals surface area contributed by atoms with Crippen molar-refractivity contribution in [3.8, 4) is 0 Å². The Hall–Kier alpha value is -1.42. The van der Waals surface area contributed by atoms with Gasteiger partial charge in [-0.15, -0.1) is 0 Å². The molecule has 2 N–H and O–H groups in total. The maximum atomic E-state index is 6.00. The van der Waals surface area contributed by atoms with Gasteiger partial charge in [0.25, 0.3) is 0 Å². The monoisotopic (exact) mass is 331 g/mol. The van der Waals surface area contributed by atoms with Gasteiger partial charge in [-0.3, -0.25) is 0 Å². The fraction of sp³-hybridized carbons (Fsp3) is 0.375. The van der Waals surface area contributed by atoms with E-state index in [4.69, 9.17) is 10.7 Å². The molecule has 1 aromatic heterocycles. The molecule has 1 aliphatic rings. The lowest BCUT2D eigenvalue weighted by Crippen LogP contribution is -2.05. The topological polar surface area (TPSA) is 51.8 Å². The smallest absolute Gasteiger partial charge is 0.141 e. The molecule has 3 nitrogen and oxygen atoms in total. The van der Waals surface area contributed by atoms with Crippen molar-refractivity contribution in [3.63, 3.8) is 0 Å². The molecule has 0 atom stereocenters. The highest BCUT2D eigenvalue weighted by molar-refractivity contribution is 9.10. The van der Waals surface area contributed by atoms with E-state index in [-0.39, 0.29) is 0 Å². The zero-order valence-electron chi connectivity index (χ0n) is 11.8. The van der Waals surface area contributed by atoms with Crippen LogP contribution in [0.1, 0.15) is 47.0 Å². The van der Waals surface area contributed by atoms with Crippen LogP contribution in [0.25, 0.3) is 0 Å². The van der Waals surface area contributed by atoms with Crippen molar-refractivity contribution in [2.24, 2.45) is 0 Å². The fourth-order valence-corrected chi connectivity index (χ4v) is 2.84. The molecule has 0 saturated heterocycles. The van der Waals surface area contributed by atoms with Crippen LogP contribution >= 0.6 is 15.9 Å². The second kappa shape index (κ2) is 5.17. The molecule has 1 heterocycles. The molecule has 0 unspecified atom stereocenters. The predicted octanol–water partition coefficient (Wildman–Crippen LogP) is 3.91. The summed E-state index contributed by atoms with van der Waals surface area (Å²) in [5.74, 6) is 1.93. The summed E-state index contributed by atoms with van der Waals surface area (Å²) in [5.41, 5.74) is 10.9. The molecule has 2 aromatic rings. The first-order chi connectivity index (χ1) is 9.54. The van der Waals surface area contributed by atoms with Crippen molar-refractivity contribution in [3.05, 3.63) is 50.9 Å². The Balaban J connectivity index is 1.92. The molecule has 1 saturated carbocycles. The van der Waals surface area contributed by atoms with Gasteiger partial charge in [-0.1, -0.05) is 18.2 Å². The Labute approximate surface area is 127 Å². The maximum Gasteiger partial charge on any atom is 0.141 e. The Morgan fingerprint density at radius 3 is 2.60 bits per heavy atom. The Morgan fingerprint density at radius 1 is 1.20 bits per heavy atom. The minimum absolute atomic E-state index is 0.556. The van der Waals surface area contributed by atoms with Crippen LogP contribution in [0.2, 0.25) is 0 Å². The number of nitrogens with zero attached hydrogens (tertiary/aromatic N) is 2. The molecule has 0 spiro atoms. The van der Waals surface area contributed by atoms with Crippen molar-refractivity contribution in [1.29, 1.82) is 0 Å². The normalized spacial score (nSPS) is 14.6. The third-order valence-corrected chi connectivity index (χ3v) is 4.66. The zero-order valence-corrected chi connectivity index (χ0v) is 13.4. The molecule has 1 fully saturated rings. The summed E-state index contributed by atoms with van der Waals surface area (Å²) in [5, 5.41) is 0. The van der Waals surface area contributed by atoms with E-state index in [1.54, 1.807) is 0 Å². The number of aromatic nitrogens is 2.